The molecule has 21 heavy (non-hydrogen) atoms. The molecule has 1 aliphatic heterocycles. The number of halogens is 1. The molecule has 0 aliphatic carbocycles. The van der Waals surface area contributed by atoms with Crippen molar-refractivity contribution in [3.05, 3.63) is 17.4 Å². The molecule has 0 radical (unpaired) electrons. The fourth-order valence-electron chi connectivity index (χ4n) is 2.21. The molecule has 0 spiro atoms. The zero-order chi connectivity index (χ0) is 15.6. The first kappa shape index (κ1) is 15.8. The minimum atomic E-state index is -0.482. The van der Waals surface area contributed by atoms with E-state index in [-0.39, 0.29) is 12.1 Å². The number of anilines is 1. The summed E-state index contributed by atoms with van der Waals surface area (Å²) in [7, 11) is 0. The summed E-state index contributed by atoms with van der Waals surface area (Å²) in [6.45, 7) is 9.47. The van der Waals surface area contributed by atoms with E-state index in [9.17, 15) is 4.79 Å². The predicted octanol–water partition coefficient (Wildman–Crippen LogP) is 2.58. The Morgan fingerprint density at radius 3 is 2.71 bits per heavy atom. The number of nitrogens with zero attached hydrogens (tertiary/aromatic N) is 4. The lowest BCUT2D eigenvalue weighted by atomic mass is 10.2. The Kier molecular flexibility index (Phi) is 4.56. The van der Waals surface area contributed by atoms with Crippen LogP contribution in [-0.4, -0.2) is 52.2 Å². The molecule has 1 fully saturated rings. The molecule has 116 valence electrons. The summed E-state index contributed by atoms with van der Waals surface area (Å²) >= 11 is 5.89. The summed E-state index contributed by atoms with van der Waals surface area (Å²) in [5, 5.41) is 0.419. The number of rotatable bonds is 1. The molecule has 0 saturated carbocycles. The average Bonchev–Trinajstić information content (AvgIpc) is 2.36. The normalized spacial score (nSPS) is 19.6. The number of hydrogen-bond donors (Lipinski definition) is 0. The quantitative estimate of drug-likeness (QED) is 0.746. The van der Waals surface area contributed by atoms with Crippen molar-refractivity contribution >= 4 is 23.6 Å². The van der Waals surface area contributed by atoms with E-state index in [1.807, 2.05) is 32.6 Å². The summed E-state index contributed by atoms with van der Waals surface area (Å²) in [5.74, 6) is 0.596. The van der Waals surface area contributed by atoms with Crippen molar-refractivity contribution in [1.82, 2.24) is 14.9 Å². The van der Waals surface area contributed by atoms with Crippen LogP contribution < -0.4 is 4.90 Å². The van der Waals surface area contributed by atoms with Crippen molar-refractivity contribution in [1.29, 1.82) is 0 Å². The Hall–Kier alpha value is -1.56. The van der Waals surface area contributed by atoms with Crippen molar-refractivity contribution < 1.29 is 9.53 Å². The van der Waals surface area contributed by atoms with Gasteiger partial charge in [-0.25, -0.2) is 14.8 Å². The Morgan fingerprint density at radius 1 is 1.43 bits per heavy atom. The van der Waals surface area contributed by atoms with Gasteiger partial charge in [-0.05, 0) is 33.8 Å². The number of carbonyl (C=O) groups excluding carboxylic acids is 1. The van der Waals surface area contributed by atoms with Gasteiger partial charge in [-0.15, -0.1) is 0 Å². The van der Waals surface area contributed by atoms with Gasteiger partial charge in [0, 0.05) is 31.9 Å². The molecule has 1 unspecified atom stereocenters. The summed E-state index contributed by atoms with van der Waals surface area (Å²) in [6, 6.07) is 1.67. The van der Waals surface area contributed by atoms with Crippen LogP contribution >= 0.6 is 11.6 Å². The lowest BCUT2D eigenvalue weighted by Gasteiger charge is -2.40. The summed E-state index contributed by atoms with van der Waals surface area (Å²) in [4.78, 5) is 24.4. The van der Waals surface area contributed by atoms with Gasteiger partial charge in [-0.3, -0.25) is 0 Å². The van der Waals surface area contributed by atoms with Crippen LogP contribution in [0.5, 0.6) is 0 Å². The molecule has 1 aromatic rings. The number of piperazine rings is 1. The van der Waals surface area contributed by atoms with Crippen LogP contribution in [-0.2, 0) is 4.74 Å². The monoisotopic (exact) mass is 312 g/mol. The zero-order valence-corrected chi connectivity index (χ0v) is 13.6. The lowest BCUT2D eigenvalue weighted by molar-refractivity contribution is 0.0158. The van der Waals surface area contributed by atoms with Crippen molar-refractivity contribution in [2.24, 2.45) is 0 Å². The predicted molar refractivity (Wildman–Crippen MR) is 81.7 cm³/mol. The fraction of sp³-hybridized carbons (Fsp3) is 0.643. The molecule has 1 amide bonds. The van der Waals surface area contributed by atoms with Crippen molar-refractivity contribution in [2.75, 3.05) is 24.5 Å². The number of carbonyl (C=O) groups is 1. The third kappa shape index (κ3) is 4.20. The maximum atomic E-state index is 12.2. The highest BCUT2D eigenvalue weighted by atomic mass is 35.5. The van der Waals surface area contributed by atoms with Crippen molar-refractivity contribution in [2.45, 2.75) is 39.3 Å². The van der Waals surface area contributed by atoms with Crippen molar-refractivity contribution in [3.8, 4) is 0 Å². The zero-order valence-electron chi connectivity index (χ0n) is 12.8. The van der Waals surface area contributed by atoms with Gasteiger partial charge in [0.25, 0.3) is 0 Å². The van der Waals surface area contributed by atoms with E-state index in [1.54, 1.807) is 17.2 Å². The Bertz CT molecular complexity index is 518. The number of amides is 1. The lowest BCUT2D eigenvalue weighted by Crippen LogP contribution is -2.55. The van der Waals surface area contributed by atoms with Crippen LogP contribution in [0.25, 0.3) is 0 Å². The van der Waals surface area contributed by atoms with Crippen molar-refractivity contribution in [3.63, 3.8) is 0 Å². The molecule has 0 aromatic carbocycles. The standard InChI is InChI=1S/C14H21ClN4O2/c1-10-9-18(12-16-6-5-11(15)17-12)7-8-19(10)13(20)21-14(2,3)4/h5-6,10H,7-9H2,1-4H3. The van der Waals surface area contributed by atoms with Gasteiger partial charge in [0.05, 0.1) is 0 Å². The van der Waals surface area contributed by atoms with Crippen LogP contribution in [0.4, 0.5) is 10.7 Å². The number of aromatic nitrogens is 2. The van der Waals surface area contributed by atoms with Gasteiger partial charge >= 0.3 is 6.09 Å². The van der Waals surface area contributed by atoms with Crippen LogP contribution in [0.3, 0.4) is 0 Å². The molecule has 2 heterocycles. The van der Waals surface area contributed by atoms with E-state index in [1.165, 1.54) is 0 Å². The van der Waals surface area contributed by atoms with E-state index in [4.69, 9.17) is 16.3 Å². The second-order valence-electron chi connectivity index (χ2n) is 6.15. The largest absolute Gasteiger partial charge is 0.444 e. The third-order valence-electron chi connectivity index (χ3n) is 3.15. The SMILES string of the molecule is CC1CN(c2nccc(Cl)n2)CCN1C(=O)OC(C)(C)C. The molecule has 1 saturated heterocycles. The molecular weight excluding hydrogens is 292 g/mol. The van der Waals surface area contributed by atoms with E-state index < -0.39 is 5.60 Å². The summed E-state index contributed by atoms with van der Waals surface area (Å²) < 4.78 is 5.42. The van der Waals surface area contributed by atoms with Gasteiger partial charge in [0.2, 0.25) is 5.95 Å². The number of ether oxygens (including phenoxy) is 1. The highest BCUT2D eigenvalue weighted by Gasteiger charge is 2.31. The third-order valence-corrected chi connectivity index (χ3v) is 3.36. The van der Waals surface area contributed by atoms with E-state index in [2.05, 4.69) is 9.97 Å². The Balaban J connectivity index is 2.01. The molecule has 1 atom stereocenters. The molecule has 7 heteroatoms. The molecule has 2 rings (SSSR count). The second kappa shape index (κ2) is 6.05. The highest BCUT2D eigenvalue weighted by Crippen LogP contribution is 2.19. The topological polar surface area (TPSA) is 58.6 Å². The second-order valence-corrected chi connectivity index (χ2v) is 6.54. The maximum absolute atomic E-state index is 12.2. The van der Waals surface area contributed by atoms with E-state index in [0.717, 1.165) is 0 Å². The molecule has 0 N–H and O–H groups in total. The Labute approximate surface area is 130 Å². The first-order chi connectivity index (χ1) is 9.76. The van der Waals surface area contributed by atoms with E-state index in [0.29, 0.717) is 30.7 Å². The van der Waals surface area contributed by atoms with Gasteiger partial charge in [0.15, 0.2) is 0 Å². The van der Waals surface area contributed by atoms with Crippen LogP contribution in [0.15, 0.2) is 12.3 Å². The first-order valence-corrected chi connectivity index (χ1v) is 7.37. The van der Waals surface area contributed by atoms with E-state index >= 15 is 0 Å². The highest BCUT2D eigenvalue weighted by molar-refractivity contribution is 6.29. The van der Waals surface area contributed by atoms with Gasteiger partial charge in [-0.1, -0.05) is 11.6 Å². The van der Waals surface area contributed by atoms with Gasteiger partial charge in [-0.2, -0.15) is 0 Å². The minimum Gasteiger partial charge on any atom is -0.444 e. The molecule has 6 nitrogen and oxygen atoms in total. The molecular formula is C14H21ClN4O2. The minimum absolute atomic E-state index is 0.0242. The van der Waals surface area contributed by atoms with Crippen LogP contribution in [0.2, 0.25) is 5.15 Å². The fourth-order valence-corrected chi connectivity index (χ4v) is 2.34. The summed E-state index contributed by atoms with van der Waals surface area (Å²) in [5.41, 5.74) is -0.482. The Morgan fingerprint density at radius 2 is 2.14 bits per heavy atom. The van der Waals surface area contributed by atoms with Crippen LogP contribution in [0, 0.1) is 0 Å². The maximum Gasteiger partial charge on any atom is 0.410 e. The smallest absolute Gasteiger partial charge is 0.410 e. The van der Waals surface area contributed by atoms with Gasteiger partial charge in [0.1, 0.15) is 10.8 Å². The first-order valence-electron chi connectivity index (χ1n) is 6.99. The molecule has 0 bridgehead atoms. The number of hydrogen-bond acceptors (Lipinski definition) is 5. The van der Waals surface area contributed by atoms with Crippen LogP contribution in [0.1, 0.15) is 27.7 Å². The van der Waals surface area contributed by atoms with Gasteiger partial charge < -0.3 is 14.5 Å². The molecule has 1 aliphatic rings. The summed E-state index contributed by atoms with van der Waals surface area (Å²) in [6.07, 6.45) is 1.36. The molecule has 1 aromatic heterocycles. The average molecular weight is 313 g/mol.